The van der Waals surface area contributed by atoms with Crippen LogP contribution < -0.4 is 4.31 Å². The van der Waals surface area contributed by atoms with Crippen molar-refractivity contribution in [3.63, 3.8) is 0 Å². The topological polar surface area (TPSA) is 37.4 Å². The van der Waals surface area contributed by atoms with Crippen molar-refractivity contribution in [3.8, 4) is 0 Å². The Kier molecular flexibility index (Phi) is 3.10. The van der Waals surface area contributed by atoms with E-state index < -0.39 is 10.0 Å². The predicted octanol–water partition coefficient (Wildman–Crippen LogP) is 3.22. The molecule has 0 radical (unpaired) electrons. The van der Waals surface area contributed by atoms with Gasteiger partial charge in [0.05, 0.1) is 18.0 Å². The molecule has 0 aliphatic carbocycles. The van der Waals surface area contributed by atoms with Crippen molar-refractivity contribution in [1.82, 2.24) is 0 Å². The zero-order valence-corrected chi connectivity index (χ0v) is 11.9. The van der Waals surface area contributed by atoms with Gasteiger partial charge < -0.3 is 0 Å². The summed E-state index contributed by atoms with van der Waals surface area (Å²) >= 11 is 0. The summed E-state index contributed by atoms with van der Waals surface area (Å²) in [5.41, 5.74) is 2.61. The normalized spacial score (nSPS) is 17.9. The molecule has 0 N–H and O–H groups in total. The van der Waals surface area contributed by atoms with Crippen molar-refractivity contribution in [2.75, 3.05) is 10.6 Å². The van der Waals surface area contributed by atoms with Crippen LogP contribution in [0.2, 0.25) is 0 Å². The number of hydrogen-bond donors (Lipinski definition) is 0. The van der Waals surface area contributed by atoms with E-state index in [4.69, 9.17) is 0 Å². The zero-order valence-electron chi connectivity index (χ0n) is 11.1. The molecule has 0 saturated heterocycles. The van der Waals surface area contributed by atoms with Gasteiger partial charge in [0.25, 0.3) is 0 Å². The van der Waals surface area contributed by atoms with Crippen LogP contribution in [-0.4, -0.2) is 14.7 Å². The van der Waals surface area contributed by atoms with Crippen molar-refractivity contribution >= 4 is 21.8 Å². The molecule has 0 spiro atoms. The van der Waals surface area contributed by atoms with E-state index in [1.54, 1.807) is 0 Å². The highest BCUT2D eigenvalue weighted by molar-refractivity contribution is 7.92. The molecular formula is C16H15NO2S. The maximum atomic E-state index is 12.2. The van der Waals surface area contributed by atoms with Gasteiger partial charge in [0, 0.05) is 0 Å². The fourth-order valence-electron chi connectivity index (χ4n) is 2.53. The van der Waals surface area contributed by atoms with Gasteiger partial charge >= 0.3 is 0 Å². The number of rotatable bonds is 2. The lowest BCUT2D eigenvalue weighted by Crippen LogP contribution is -2.35. The molecule has 1 aliphatic rings. The Labute approximate surface area is 119 Å². The molecule has 0 unspecified atom stereocenters. The SMILES string of the molecule is CS(=O)(=O)N1c2ccccc2C=C[C@@H]1c1ccccc1. The third-order valence-corrected chi connectivity index (χ3v) is 4.52. The highest BCUT2D eigenvalue weighted by Crippen LogP contribution is 2.37. The van der Waals surface area contributed by atoms with Crippen LogP contribution in [0.4, 0.5) is 5.69 Å². The molecule has 0 fully saturated rings. The van der Waals surface area contributed by atoms with Gasteiger partial charge in [0.1, 0.15) is 0 Å². The second-order valence-electron chi connectivity index (χ2n) is 4.83. The quantitative estimate of drug-likeness (QED) is 0.849. The van der Waals surface area contributed by atoms with E-state index in [1.807, 2.05) is 66.7 Å². The molecule has 1 aliphatic heterocycles. The van der Waals surface area contributed by atoms with E-state index in [0.717, 1.165) is 16.8 Å². The predicted molar refractivity (Wildman–Crippen MR) is 82.0 cm³/mol. The van der Waals surface area contributed by atoms with Gasteiger partial charge in [0.2, 0.25) is 10.0 Å². The summed E-state index contributed by atoms with van der Waals surface area (Å²) in [5.74, 6) is 0. The van der Waals surface area contributed by atoms with Gasteiger partial charge in [-0.05, 0) is 17.2 Å². The molecule has 3 rings (SSSR count). The molecule has 0 saturated carbocycles. The first-order chi connectivity index (χ1) is 9.57. The summed E-state index contributed by atoms with van der Waals surface area (Å²) in [6.07, 6.45) is 5.16. The molecule has 1 heterocycles. The standard InChI is InChI=1S/C16H15NO2S/c1-20(18,19)17-15-10-6-5-9-14(15)11-12-16(17)13-7-3-2-4-8-13/h2-12,16H,1H3/t16-/m1/s1. The van der Waals surface area contributed by atoms with Crippen LogP contribution in [0.15, 0.2) is 60.7 Å². The third-order valence-electron chi connectivity index (χ3n) is 3.38. The number of para-hydroxylation sites is 1. The summed E-state index contributed by atoms with van der Waals surface area (Å²) in [7, 11) is -3.35. The average Bonchev–Trinajstić information content (AvgIpc) is 2.46. The zero-order chi connectivity index (χ0) is 14.2. The number of benzene rings is 2. The average molecular weight is 285 g/mol. The summed E-state index contributed by atoms with van der Waals surface area (Å²) in [4.78, 5) is 0. The van der Waals surface area contributed by atoms with Crippen LogP contribution in [0.5, 0.6) is 0 Å². The van der Waals surface area contributed by atoms with E-state index in [2.05, 4.69) is 0 Å². The number of sulfonamides is 1. The first-order valence-electron chi connectivity index (χ1n) is 6.39. The Hall–Kier alpha value is -2.07. The lowest BCUT2D eigenvalue weighted by molar-refractivity contribution is 0.592. The second kappa shape index (κ2) is 4.80. The highest BCUT2D eigenvalue weighted by atomic mass is 32.2. The van der Waals surface area contributed by atoms with E-state index in [1.165, 1.54) is 10.6 Å². The van der Waals surface area contributed by atoms with Crippen molar-refractivity contribution in [1.29, 1.82) is 0 Å². The van der Waals surface area contributed by atoms with Crippen LogP contribution in [0, 0.1) is 0 Å². The minimum Gasteiger partial charge on any atom is -0.259 e. The molecule has 4 heteroatoms. The maximum Gasteiger partial charge on any atom is 0.233 e. The van der Waals surface area contributed by atoms with Gasteiger partial charge in [-0.1, -0.05) is 60.7 Å². The van der Waals surface area contributed by atoms with Gasteiger partial charge in [-0.25, -0.2) is 8.42 Å². The summed E-state index contributed by atoms with van der Waals surface area (Å²) in [5, 5.41) is 0. The number of hydrogen-bond acceptors (Lipinski definition) is 2. The Morgan fingerprint density at radius 1 is 0.950 bits per heavy atom. The van der Waals surface area contributed by atoms with Gasteiger partial charge in [-0.15, -0.1) is 0 Å². The molecule has 0 aromatic heterocycles. The lowest BCUT2D eigenvalue weighted by Gasteiger charge is -2.33. The number of anilines is 1. The van der Waals surface area contributed by atoms with Crippen LogP contribution in [0.1, 0.15) is 17.2 Å². The van der Waals surface area contributed by atoms with Crippen LogP contribution in [0.3, 0.4) is 0 Å². The smallest absolute Gasteiger partial charge is 0.233 e. The van der Waals surface area contributed by atoms with Crippen molar-refractivity contribution in [3.05, 3.63) is 71.8 Å². The molecule has 0 bridgehead atoms. The Morgan fingerprint density at radius 3 is 2.30 bits per heavy atom. The molecule has 20 heavy (non-hydrogen) atoms. The molecule has 1 atom stereocenters. The second-order valence-corrected chi connectivity index (χ2v) is 6.69. The van der Waals surface area contributed by atoms with Crippen molar-refractivity contribution < 1.29 is 8.42 Å². The van der Waals surface area contributed by atoms with Gasteiger partial charge in [0.15, 0.2) is 0 Å². The van der Waals surface area contributed by atoms with E-state index in [-0.39, 0.29) is 6.04 Å². The highest BCUT2D eigenvalue weighted by Gasteiger charge is 2.30. The monoisotopic (exact) mass is 285 g/mol. The summed E-state index contributed by atoms with van der Waals surface area (Å²) < 4.78 is 25.9. The largest absolute Gasteiger partial charge is 0.259 e. The molecular weight excluding hydrogens is 270 g/mol. The fraction of sp³-hybridized carbons (Fsp3) is 0.125. The summed E-state index contributed by atoms with van der Waals surface area (Å²) in [6, 6.07) is 16.9. The van der Waals surface area contributed by atoms with E-state index >= 15 is 0 Å². The lowest BCUT2D eigenvalue weighted by atomic mass is 10.00. The minimum atomic E-state index is -3.35. The van der Waals surface area contributed by atoms with Gasteiger partial charge in [-0.2, -0.15) is 0 Å². The van der Waals surface area contributed by atoms with Crippen molar-refractivity contribution in [2.24, 2.45) is 0 Å². The fourth-order valence-corrected chi connectivity index (χ4v) is 3.66. The van der Waals surface area contributed by atoms with Crippen LogP contribution >= 0.6 is 0 Å². The minimum absolute atomic E-state index is 0.291. The first kappa shape index (κ1) is 12.9. The molecule has 102 valence electrons. The van der Waals surface area contributed by atoms with Gasteiger partial charge in [-0.3, -0.25) is 4.31 Å². The van der Waals surface area contributed by atoms with Crippen LogP contribution in [-0.2, 0) is 10.0 Å². The first-order valence-corrected chi connectivity index (χ1v) is 8.24. The molecule has 2 aromatic carbocycles. The maximum absolute atomic E-state index is 12.2. The van der Waals surface area contributed by atoms with E-state index in [0.29, 0.717) is 0 Å². The Balaban J connectivity index is 2.18. The van der Waals surface area contributed by atoms with Crippen molar-refractivity contribution in [2.45, 2.75) is 6.04 Å². The number of fused-ring (bicyclic) bond motifs is 1. The third kappa shape index (κ3) is 2.23. The Morgan fingerprint density at radius 2 is 1.60 bits per heavy atom. The van der Waals surface area contributed by atoms with E-state index in [9.17, 15) is 8.42 Å². The molecule has 2 aromatic rings. The Bertz CT molecular complexity index is 751. The molecule has 3 nitrogen and oxygen atoms in total. The van der Waals surface area contributed by atoms with Crippen LogP contribution in [0.25, 0.3) is 6.08 Å². The number of nitrogens with zero attached hydrogens (tertiary/aromatic N) is 1. The molecule has 0 amide bonds. The summed E-state index contributed by atoms with van der Waals surface area (Å²) in [6.45, 7) is 0.